The first-order chi connectivity index (χ1) is 13.8. The minimum Gasteiger partial charge on any atom is -0.356 e. The van der Waals surface area contributed by atoms with E-state index in [-0.39, 0.29) is 5.91 Å². The molecule has 0 rings (SSSR count). The normalized spacial score (nSPS) is 11.1. The van der Waals surface area contributed by atoms with Gasteiger partial charge in [0.15, 0.2) is 0 Å². The van der Waals surface area contributed by atoms with Crippen molar-refractivity contribution < 1.29 is 4.79 Å². The average Bonchev–Trinajstić information content (AvgIpc) is 2.70. The standard InChI is InChI=1S/C24H51N3O/c1-2-3-4-5-6-7-8-9-10-11-18-23-27-24(28)19-14-12-16-21-26-22-17-13-15-20-25/h26H,2-23,25H2,1H3,(H,27,28). The molecule has 0 aromatic rings. The smallest absolute Gasteiger partial charge is 0.219 e. The van der Waals surface area contributed by atoms with Crippen LogP contribution in [-0.4, -0.2) is 32.1 Å². The molecule has 4 nitrogen and oxygen atoms in total. The van der Waals surface area contributed by atoms with Gasteiger partial charge in [-0.15, -0.1) is 0 Å². The maximum absolute atomic E-state index is 11.8. The van der Waals surface area contributed by atoms with Crippen LogP contribution in [0.5, 0.6) is 0 Å². The number of nitrogens with one attached hydrogen (secondary N) is 2. The van der Waals surface area contributed by atoms with Gasteiger partial charge in [-0.2, -0.15) is 0 Å². The Bertz CT molecular complexity index is 310. The number of carbonyl (C=O) groups is 1. The van der Waals surface area contributed by atoms with Crippen molar-refractivity contribution in [2.45, 2.75) is 122 Å². The highest BCUT2D eigenvalue weighted by Crippen LogP contribution is 2.11. The fourth-order valence-corrected chi connectivity index (χ4v) is 3.51. The molecule has 0 aliphatic heterocycles. The molecule has 0 aliphatic carbocycles. The molecule has 1 amide bonds. The van der Waals surface area contributed by atoms with Gasteiger partial charge in [0.2, 0.25) is 5.91 Å². The first-order valence-corrected chi connectivity index (χ1v) is 12.5. The van der Waals surface area contributed by atoms with E-state index in [1.165, 1.54) is 83.5 Å². The molecule has 0 aliphatic rings. The lowest BCUT2D eigenvalue weighted by Gasteiger charge is -2.06. The summed E-state index contributed by atoms with van der Waals surface area (Å²) in [5.74, 6) is 0.238. The maximum Gasteiger partial charge on any atom is 0.219 e. The quantitative estimate of drug-likeness (QED) is 0.194. The number of carbonyl (C=O) groups excluding carboxylic acids is 1. The zero-order valence-electron chi connectivity index (χ0n) is 19.0. The molecule has 0 fully saturated rings. The van der Waals surface area contributed by atoms with Crippen LogP contribution in [0.15, 0.2) is 0 Å². The molecule has 168 valence electrons. The summed E-state index contributed by atoms with van der Waals surface area (Å²) in [7, 11) is 0. The van der Waals surface area contributed by atoms with E-state index < -0.39 is 0 Å². The molecule has 28 heavy (non-hydrogen) atoms. The van der Waals surface area contributed by atoms with Crippen LogP contribution in [0, 0.1) is 0 Å². The Morgan fingerprint density at radius 2 is 1.07 bits per heavy atom. The van der Waals surface area contributed by atoms with Gasteiger partial charge in [-0.05, 0) is 51.7 Å². The van der Waals surface area contributed by atoms with Gasteiger partial charge in [0.1, 0.15) is 0 Å². The van der Waals surface area contributed by atoms with Crippen molar-refractivity contribution in [3.8, 4) is 0 Å². The van der Waals surface area contributed by atoms with Crippen LogP contribution in [0.4, 0.5) is 0 Å². The van der Waals surface area contributed by atoms with Gasteiger partial charge >= 0.3 is 0 Å². The summed E-state index contributed by atoms with van der Waals surface area (Å²) >= 11 is 0. The van der Waals surface area contributed by atoms with E-state index in [0.717, 1.165) is 51.9 Å². The summed E-state index contributed by atoms with van der Waals surface area (Å²) in [5.41, 5.74) is 5.48. The summed E-state index contributed by atoms with van der Waals surface area (Å²) in [4.78, 5) is 11.8. The summed E-state index contributed by atoms with van der Waals surface area (Å²) in [5, 5.41) is 6.55. The van der Waals surface area contributed by atoms with E-state index in [1.54, 1.807) is 0 Å². The topological polar surface area (TPSA) is 67.2 Å². The Morgan fingerprint density at radius 3 is 1.64 bits per heavy atom. The lowest BCUT2D eigenvalue weighted by molar-refractivity contribution is -0.121. The van der Waals surface area contributed by atoms with Crippen molar-refractivity contribution >= 4 is 5.91 Å². The third-order valence-corrected chi connectivity index (χ3v) is 5.42. The van der Waals surface area contributed by atoms with E-state index in [2.05, 4.69) is 17.6 Å². The van der Waals surface area contributed by atoms with E-state index in [0.29, 0.717) is 6.42 Å². The molecule has 0 saturated heterocycles. The Labute approximate surface area is 176 Å². The Balaban J connectivity index is 3.13. The molecule has 0 spiro atoms. The summed E-state index contributed by atoms with van der Waals surface area (Å²) in [6.45, 7) is 6.11. The molecular weight excluding hydrogens is 346 g/mol. The number of nitrogens with two attached hydrogens (primary N) is 1. The predicted molar refractivity (Wildman–Crippen MR) is 124 cm³/mol. The van der Waals surface area contributed by atoms with Crippen molar-refractivity contribution in [2.24, 2.45) is 5.73 Å². The van der Waals surface area contributed by atoms with Crippen molar-refractivity contribution in [2.75, 3.05) is 26.2 Å². The molecule has 0 radical (unpaired) electrons. The van der Waals surface area contributed by atoms with E-state index in [4.69, 9.17) is 5.73 Å². The van der Waals surface area contributed by atoms with Gasteiger partial charge < -0.3 is 16.4 Å². The molecule has 0 aromatic carbocycles. The minimum atomic E-state index is 0.238. The fourth-order valence-electron chi connectivity index (χ4n) is 3.51. The van der Waals surface area contributed by atoms with Crippen LogP contribution in [0.1, 0.15) is 122 Å². The molecule has 0 aromatic heterocycles. The third-order valence-electron chi connectivity index (χ3n) is 5.42. The second-order valence-electron chi connectivity index (χ2n) is 8.30. The predicted octanol–water partition coefficient (Wildman–Crippen LogP) is 5.69. The molecule has 0 unspecified atom stereocenters. The van der Waals surface area contributed by atoms with Crippen LogP contribution in [-0.2, 0) is 4.79 Å². The van der Waals surface area contributed by atoms with Gasteiger partial charge in [0, 0.05) is 13.0 Å². The number of rotatable bonds is 23. The zero-order chi connectivity index (χ0) is 20.5. The van der Waals surface area contributed by atoms with E-state index >= 15 is 0 Å². The molecular formula is C24H51N3O. The molecule has 0 bridgehead atoms. The lowest BCUT2D eigenvalue weighted by Crippen LogP contribution is -2.24. The first kappa shape index (κ1) is 27.4. The van der Waals surface area contributed by atoms with E-state index in [9.17, 15) is 4.79 Å². The maximum atomic E-state index is 11.8. The Kier molecular flexibility index (Phi) is 23.9. The average molecular weight is 398 g/mol. The first-order valence-electron chi connectivity index (χ1n) is 12.5. The Morgan fingerprint density at radius 1 is 0.607 bits per heavy atom. The second-order valence-corrected chi connectivity index (χ2v) is 8.30. The highest BCUT2D eigenvalue weighted by atomic mass is 16.1. The van der Waals surface area contributed by atoms with Gasteiger partial charge in [-0.3, -0.25) is 4.79 Å². The molecule has 0 saturated carbocycles. The highest BCUT2D eigenvalue weighted by molar-refractivity contribution is 5.75. The van der Waals surface area contributed by atoms with Crippen molar-refractivity contribution in [3.63, 3.8) is 0 Å². The van der Waals surface area contributed by atoms with Gasteiger partial charge in [-0.25, -0.2) is 0 Å². The van der Waals surface area contributed by atoms with Gasteiger partial charge in [0.05, 0.1) is 0 Å². The second kappa shape index (κ2) is 24.4. The lowest BCUT2D eigenvalue weighted by atomic mass is 10.1. The molecule has 0 atom stereocenters. The Hall–Kier alpha value is -0.610. The summed E-state index contributed by atoms with van der Waals surface area (Å²) in [6.07, 6.45) is 22.5. The number of hydrogen-bond donors (Lipinski definition) is 3. The fraction of sp³-hybridized carbons (Fsp3) is 0.958. The van der Waals surface area contributed by atoms with Crippen LogP contribution in [0.2, 0.25) is 0 Å². The van der Waals surface area contributed by atoms with Gasteiger partial charge in [0.25, 0.3) is 0 Å². The van der Waals surface area contributed by atoms with Crippen molar-refractivity contribution in [3.05, 3.63) is 0 Å². The molecule has 4 heteroatoms. The molecule has 0 heterocycles. The monoisotopic (exact) mass is 397 g/mol. The third kappa shape index (κ3) is 23.4. The van der Waals surface area contributed by atoms with Crippen molar-refractivity contribution in [1.82, 2.24) is 10.6 Å². The van der Waals surface area contributed by atoms with Crippen molar-refractivity contribution in [1.29, 1.82) is 0 Å². The van der Waals surface area contributed by atoms with Crippen LogP contribution in [0.25, 0.3) is 0 Å². The zero-order valence-corrected chi connectivity index (χ0v) is 19.0. The minimum absolute atomic E-state index is 0.238. The van der Waals surface area contributed by atoms with Crippen LogP contribution in [0.3, 0.4) is 0 Å². The van der Waals surface area contributed by atoms with Crippen LogP contribution >= 0.6 is 0 Å². The van der Waals surface area contributed by atoms with E-state index in [1.807, 2.05) is 0 Å². The highest BCUT2D eigenvalue weighted by Gasteiger charge is 2.00. The summed E-state index contributed by atoms with van der Waals surface area (Å²) < 4.78 is 0. The largest absolute Gasteiger partial charge is 0.356 e. The number of amides is 1. The number of unbranched alkanes of at least 4 members (excludes halogenated alkanes) is 14. The van der Waals surface area contributed by atoms with Crippen LogP contribution < -0.4 is 16.4 Å². The molecule has 4 N–H and O–H groups in total. The SMILES string of the molecule is CCCCCCCCCCCCCNC(=O)CCCCCNCCCCCN. The number of hydrogen-bond acceptors (Lipinski definition) is 3. The summed E-state index contributed by atoms with van der Waals surface area (Å²) in [6, 6.07) is 0. The van der Waals surface area contributed by atoms with Gasteiger partial charge in [-0.1, -0.05) is 84.0 Å².